The number of ether oxygens (including phenoxy) is 2. The number of benzene rings is 2. The van der Waals surface area contributed by atoms with Crippen LogP contribution in [0.25, 0.3) is 0 Å². The van der Waals surface area contributed by atoms with Gasteiger partial charge in [0.25, 0.3) is 5.69 Å². The Morgan fingerprint density at radius 1 is 1.12 bits per heavy atom. The lowest BCUT2D eigenvalue weighted by molar-refractivity contribution is -0.384. The normalized spacial score (nSPS) is 11.5. The molecule has 0 saturated heterocycles. The molecule has 0 heterocycles. The van der Waals surface area contributed by atoms with Gasteiger partial charge in [-0.25, -0.2) is 4.79 Å². The Balaban J connectivity index is 2.20. The maximum atomic E-state index is 12.3. The zero-order valence-corrected chi connectivity index (χ0v) is 14.0. The number of nitrogens with zero attached hydrogens (tertiary/aromatic N) is 1. The van der Waals surface area contributed by atoms with Crippen LogP contribution < -0.4 is 4.74 Å². The summed E-state index contributed by atoms with van der Waals surface area (Å²) >= 11 is 0. The lowest BCUT2D eigenvalue weighted by Gasteiger charge is -2.14. The number of carbonyl (C=O) groups is 2. The molecule has 0 fully saturated rings. The van der Waals surface area contributed by atoms with Gasteiger partial charge in [0.2, 0.25) is 5.78 Å². The van der Waals surface area contributed by atoms with Crippen LogP contribution in [0, 0.1) is 17.0 Å². The Morgan fingerprint density at radius 3 is 2.32 bits per heavy atom. The quantitative estimate of drug-likeness (QED) is 0.345. The number of esters is 1. The van der Waals surface area contributed by atoms with E-state index in [9.17, 15) is 19.7 Å². The predicted octanol–water partition coefficient (Wildman–Crippen LogP) is 3.34. The van der Waals surface area contributed by atoms with Gasteiger partial charge in [0.05, 0.1) is 12.0 Å². The summed E-state index contributed by atoms with van der Waals surface area (Å²) in [6.07, 6.45) is -1.04. The van der Waals surface area contributed by atoms with Crippen molar-refractivity contribution in [3.05, 3.63) is 69.3 Å². The summed E-state index contributed by atoms with van der Waals surface area (Å²) in [5.74, 6) is -1.10. The van der Waals surface area contributed by atoms with Crippen molar-refractivity contribution in [2.45, 2.75) is 20.0 Å². The molecule has 130 valence electrons. The molecule has 25 heavy (non-hydrogen) atoms. The number of carbonyl (C=O) groups excluding carboxylic acids is 2. The predicted molar refractivity (Wildman–Crippen MR) is 90.0 cm³/mol. The zero-order valence-electron chi connectivity index (χ0n) is 14.0. The largest absolute Gasteiger partial charge is 0.496 e. The molecule has 0 spiro atoms. The molecule has 0 amide bonds. The summed E-state index contributed by atoms with van der Waals surface area (Å²) in [6, 6.07) is 10.4. The highest BCUT2D eigenvalue weighted by Crippen LogP contribution is 2.25. The van der Waals surface area contributed by atoms with Gasteiger partial charge < -0.3 is 9.47 Å². The molecule has 0 radical (unpaired) electrons. The highest BCUT2D eigenvalue weighted by atomic mass is 16.6. The van der Waals surface area contributed by atoms with Gasteiger partial charge in [-0.2, -0.15) is 0 Å². The van der Waals surface area contributed by atoms with Crippen molar-refractivity contribution in [2.75, 3.05) is 7.11 Å². The third-order valence-electron chi connectivity index (χ3n) is 3.60. The smallest absolute Gasteiger partial charge is 0.342 e. The van der Waals surface area contributed by atoms with Gasteiger partial charge in [-0.15, -0.1) is 0 Å². The number of aryl methyl sites for hydroxylation is 1. The van der Waals surface area contributed by atoms with Crippen molar-refractivity contribution in [3.8, 4) is 5.75 Å². The molecule has 2 rings (SSSR count). The number of nitro groups is 1. The molecular weight excluding hydrogens is 326 g/mol. The third kappa shape index (κ3) is 4.20. The molecule has 0 aromatic heterocycles. The standard InChI is InChI=1S/C18H17NO6/c1-11-4-6-13(7-5-11)17(20)12(2)25-18(21)15-10-14(19(22)23)8-9-16(15)24-3/h4-10,12H,1-3H3/t12-/m1/s1. The van der Waals surface area contributed by atoms with Crippen LogP contribution in [0.1, 0.15) is 33.2 Å². The fourth-order valence-electron chi connectivity index (χ4n) is 2.20. The molecule has 7 nitrogen and oxygen atoms in total. The van der Waals surface area contributed by atoms with Gasteiger partial charge in [0.1, 0.15) is 11.3 Å². The Hall–Kier alpha value is -3.22. The number of nitro benzene ring substituents is 1. The molecule has 0 aliphatic rings. The van der Waals surface area contributed by atoms with Gasteiger partial charge in [-0.05, 0) is 19.9 Å². The summed E-state index contributed by atoms with van der Waals surface area (Å²) in [5.41, 5.74) is 1.03. The lowest BCUT2D eigenvalue weighted by Crippen LogP contribution is -2.24. The van der Waals surface area contributed by atoms with Crippen LogP contribution >= 0.6 is 0 Å². The number of ketones is 1. The van der Waals surface area contributed by atoms with Crippen LogP contribution in [-0.2, 0) is 4.74 Å². The van der Waals surface area contributed by atoms with E-state index in [2.05, 4.69) is 0 Å². The molecule has 7 heteroatoms. The average molecular weight is 343 g/mol. The SMILES string of the molecule is COc1ccc([N+](=O)[O-])cc1C(=O)O[C@H](C)C(=O)c1ccc(C)cc1. The Morgan fingerprint density at radius 2 is 1.76 bits per heavy atom. The summed E-state index contributed by atoms with van der Waals surface area (Å²) in [5, 5.41) is 10.9. The number of Topliss-reactive ketones (excluding diaryl/α,β-unsaturated/α-hetero) is 1. The van der Waals surface area contributed by atoms with Crippen LogP contribution in [0.3, 0.4) is 0 Å². The first-order chi connectivity index (χ1) is 11.8. The van der Waals surface area contributed by atoms with Crippen LogP contribution in [0.4, 0.5) is 5.69 Å². The van der Waals surface area contributed by atoms with E-state index in [4.69, 9.17) is 9.47 Å². The second-order valence-corrected chi connectivity index (χ2v) is 5.42. The minimum absolute atomic E-state index is 0.111. The van der Waals surface area contributed by atoms with Crippen LogP contribution in [0.15, 0.2) is 42.5 Å². The topological polar surface area (TPSA) is 95.7 Å². The van der Waals surface area contributed by atoms with E-state index in [0.717, 1.165) is 11.6 Å². The monoisotopic (exact) mass is 343 g/mol. The van der Waals surface area contributed by atoms with Gasteiger partial charge in [-0.3, -0.25) is 14.9 Å². The van der Waals surface area contributed by atoms with Gasteiger partial charge in [-0.1, -0.05) is 29.8 Å². The molecule has 1 atom stereocenters. The van der Waals surface area contributed by atoms with Gasteiger partial charge in [0, 0.05) is 17.7 Å². The maximum Gasteiger partial charge on any atom is 0.342 e. The minimum atomic E-state index is -1.04. The number of non-ortho nitro benzene ring substituents is 1. The Labute approximate surface area is 144 Å². The van der Waals surface area contributed by atoms with Gasteiger partial charge in [0.15, 0.2) is 6.10 Å². The molecule has 0 unspecified atom stereocenters. The first-order valence-electron chi connectivity index (χ1n) is 7.47. The molecule has 0 N–H and O–H groups in total. The second kappa shape index (κ2) is 7.57. The minimum Gasteiger partial charge on any atom is -0.496 e. The third-order valence-corrected chi connectivity index (χ3v) is 3.60. The number of hydrogen-bond acceptors (Lipinski definition) is 6. The van der Waals surface area contributed by atoms with Crippen molar-refractivity contribution in [3.63, 3.8) is 0 Å². The number of hydrogen-bond donors (Lipinski definition) is 0. The fraction of sp³-hybridized carbons (Fsp3) is 0.222. The van der Waals surface area contributed by atoms with E-state index in [1.165, 1.54) is 26.2 Å². The highest BCUT2D eigenvalue weighted by molar-refractivity contribution is 6.02. The van der Waals surface area contributed by atoms with E-state index >= 15 is 0 Å². The summed E-state index contributed by atoms with van der Waals surface area (Å²) in [4.78, 5) is 34.9. The van der Waals surface area contributed by atoms with E-state index < -0.39 is 17.0 Å². The van der Waals surface area contributed by atoms with Crippen molar-refractivity contribution >= 4 is 17.4 Å². The van der Waals surface area contributed by atoms with Crippen molar-refractivity contribution in [1.29, 1.82) is 0 Å². The van der Waals surface area contributed by atoms with Gasteiger partial charge >= 0.3 is 5.97 Å². The van der Waals surface area contributed by atoms with Crippen molar-refractivity contribution in [2.24, 2.45) is 0 Å². The number of rotatable bonds is 6. The molecule has 2 aromatic carbocycles. The molecule has 0 bridgehead atoms. The van der Waals surface area contributed by atoms with E-state index in [-0.39, 0.29) is 22.8 Å². The summed E-state index contributed by atoms with van der Waals surface area (Å²) < 4.78 is 10.2. The van der Waals surface area contributed by atoms with Crippen LogP contribution in [0.5, 0.6) is 5.75 Å². The average Bonchev–Trinajstić information content (AvgIpc) is 2.60. The lowest BCUT2D eigenvalue weighted by atomic mass is 10.1. The van der Waals surface area contributed by atoms with Crippen LogP contribution in [0.2, 0.25) is 0 Å². The van der Waals surface area contributed by atoms with Crippen LogP contribution in [-0.4, -0.2) is 29.9 Å². The van der Waals surface area contributed by atoms with E-state index in [1.54, 1.807) is 24.3 Å². The molecular formula is C18H17NO6. The fourth-order valence-corrected chi connectivity index (χ4v) is 2.20. The summed E-state index contributed by atoms with van der Waals surface area (Å²) in [6.45, 7) is 3.34. The maximum absolute atomic E-state index is 12.3. The first kappa shape index (κ1) is 18.1. The first-order valence-corrected chi connectivity index (χ1v) is 7.47. The highest BCUT2D eigenvalue weighted by Gasteiger charge is 2.24. The van der Waals surface area contributed by atoms with Crippen molar-refractivity contribution in [1.82, 2.24) is 0 Å². The van der Waals surface area contributed by atoms with Crippen molar-refractivity contribution < 1.29 is 24.0 Å². The Bertz CT molecular complexity index is 813. The number of methoxy groups -OCH3 is 1. The van der Waals surface area contributed by atoms with E-state index in [0.29, 0.717) is 5.56 Å². The zero-order chi connectivity index (χ0) is 18.6. The van der Waals surface area contributed by atoms with E-state index in [1.807, 2.05) is 6.92 Å². The summed E-state index contributed by atoms with van der Waals surface area (Å²) in [7, 11) is 1.33. The molecule has 2 aromatic rings. The Kier molecular flexibility index (Phi) is 5.49. The molecule has 0 saturated carbocycles. The molecule has 0 aliphatic heterocycles. The second-order valence-electron chi connectivity index (χ2n) is 5.42. The molecule has 0 aliphatic carbocycles.